The van der Waals surface area contributed by atoms with Gasteiger partial charge in [-0.2, -0.15) is 0 Å². The molecule has 3 amide bonds. The lowest BCUT2D eigenvalue weighted by molar-refractivity contribution is -0.384. The van der Waals surface area contributed by atoms with Gasteiger partial charge in [0.2, 0.25) is 6.10 Å². The maximum absolute atomic E-state index is 12.3. The number of urea groups is 1. The summed E-state index contributed by atoms with van der Waals surface area (Å²) in [5, 5.41) is 15.1. The maximum Gasteiger partial charge on any atom is 0.321 e. The van der Waals surface area contributed by atoms with Gasteiger partial charge < -0.3 is 10.1 Å². The topological polar surface area (TPSA) is 111 Å². The number of non-ortho nitro benzene ring substituents is 1. The van der Waals surface area contributed by atoms with Gasteiger partial charge in [-0.15, -0.1) is 0 Å². The Labute approximate surface area is 137 Å². The minimum absolute atomic E-state index is 0.0894. The van der Waals surface area contributed by atoms with Gasteiger partial charge in [0, 0.05) is 24.7 Å². The van der Waals surface area contributed by atoms with Crippen LogP contribution in [0.25, 0.3) is 0 Å². The number of amides is 3. The molecule has 0 unspecified atom stereocenters. The van der Waals surface area contributed by atoms with Crippen LogP contribution in [0.3, 0.4) is 0 Å². The van der Waals surface area contributed by atoms with Crippen molar-refractivity contribution in [3.63, 3.8) is 0 Å². The molecule has 0 spiro atoms. The largest absolute Gasteiger partial charge is 0.476 e. The van der Waals surface area contributed by atoms with E-state index in [1.165, 1.54) is 31.3 Å². The molecule has 2 aromatic rings. The van der Waals surface area contributed by atoms with Crippen molar-refractivity contribution < 1.29 is 19.2 Å². The monoisotopic (exact) mass is 329 g/mol. The number of hydrogen-bond donors (Lipinski definition) is 2. The highest BCUT2D eigenvalue weighted by Gasteiger charge is 2.24. The predicted molar refractivity (Wildman–Crippen MR) is 85.5 cm³/mol. The van der Waals surface area contributed by atoms with Crippen LogP contribution in [0.2, 0.25) is 0 Å². The summed E-state index contributed by atoms with van der Waals surface area (Å²) in [5.74, 6) is -0.389. The number of hydrogen-bond acceptors (Lipinski definition) is 5. The van der Waals surface area contributed by atoms with E-state index in [0.29, 0.717) is 5.56 Å². The number of nitrogens with one attached hydrogen (secondary N) is 2. The van der Waals surface area contributed by atoms with Crippen LogP contribution in [0.15, 0.2) is 54.6 Å². The highest BCUT2D eigenvalue weighted by Crippen LogP contribution is 2.24. The fourth-order valence-electron chi connectivity index (χ4n) is 1.92. The Kier molecular flexibility index (Phi) is 5.45. The highest BCUT2D eigenvalue weighted by molar-refractivity contribution is 5.97. The SMILES string of the molecule is CNC(=O)NC(=O)[C@@H](Oc1ccc([N+](=O)[O-])cc1)c1ccccc1. The Morgan fingerprint density at radius 1 is 1.08 bits per heavy atom. The Balaban J connectivity index is 2.24. The van der Waals surface area contributed by atoms with Crippen molar-refractivity contribution >= 4 is 17.6 Å². The Bertz CT molecular complexity index is 731. The third kappa shape index (κ3) is 4.29. The summed E-state index contributed by atoms with van der Waals surface area (Å²) in [5.41, 5.74) is 0.450. The molecular formula is C16H15N3O5. The van der Waals surface area contributed by atoms with E-state index in [4.69, 9.17) is 4.74 Å². The van der Waals surface area contributed by atoms with E-state index in [9.17, 15) is 19.7 Å². The van der Waals surface area contributed by atoms with Crippen molar-refractivity contribution in [1.82, 2.24) is 10.6 Å². The zero-order valence-corrected chi connectivity index (χ0v) is 12.8. The quantitative estimate of drug-likeness (QED) is 0.645. The van der Waals surface area contributed by atoms with Crippen LogP contribution in [0.4, 0.5) is 10.5 Å². The average Bonchev–Trinajstić information content (AvgIpc) is 2.60. The molecule has 0 aliphatic carbocycles. The summed E-state index contributed by atoms with van der Waals surface area (Å²) in [6.07, 6.45) is -1.08. The number of rotatable bonds is 5. The zero-order chi connectivity index (χ0) is 17.5. The molecule has 8 heteroatoms. The van der Waals surface area contributed by atoms with Crippen molar-refractivity contribution in [2.75, 3.05) is 7.05 Å². The summed E-state index contributed by atoms with van der Waals surface area (Å²) >= 11 is 0. The molecule has 1 atom stereocenters. The Morgan fingerprint density at radius 2 is 1.71 bits per heavy atom. The molecule has 0 aromatic heterocycles. The fraction of sp³-hybridized carbons (Fsp3) is 0.125. The lowest BCUT2D eigenvalue weighted by atomic mass is 10.1. The maximum atomic E-state index is 12.3. The molecule has 8 nitrogen and oxygen atoms in total. The summed E-state index contributed by atoms with van der Waals surface area (Å²) in [7, 11) is 1.39. The van der Waals surface area contributed by atoms with E-state index in [-0.39, 0.29) is 11.4 Å². The second-order valence-corrected chi connectivity index (χ2v) is 4.73. The van der Waals surface area contributed by atoms with Gasteiger partial charge in [-0.05, 0) is 12.1 Å². The molecule has 24 heavy (non-hydrogen) atoms. The normalized spacial score (nSPS) is 11.2. The molecule has 0 aliphatic heterocycles. The van der Waals surface area contributed by atoms with Gasteiger partial charge in [0.05, 0.1) is 4.92 Å². The van der Waals surface area contributed by atoms with Crippen LogP contribution in [0.5, 0.6) is 5.75 Å². The number of nitrogens with zero attached hydrogens (tertiary/aromatic N) is 1. The summed E-state index contributed by atoms with van der Waals surface area (Å²) in [4.78, 5) is 33.8. The first-order valence-corrected chi connectivity index (χ1v) is 7.00. The third-order valence-corrected chi connectivity index (χ3v) is 3.11. The van der Waals surface area contributed by atoms with Crippen LogP contribution >= 0.6 is 0 Å². The van der Waals surface area contributed by atoms with Gasteiger partial charge in [0.15, 0.2) is 0 Å². The molecule has 2 N–H and O–H groups in total. The lowest BCUT2D eigenvalue weighted by Gasteiger charge is -2.18. The molecule has 0 saturated heterocycles. The molecule has 0 bridgehead atoms. The van der Waals surface area contributed by atoms with Gasteiger partial charge in [0.25, 0.3) is 11.6 Å². The number of imide groups is 1. The smallest absolute Gasteiger partial charge is 0.321 e. The molecular weight excluding hydrogens is 314 g/mol. The second-order valence-electron chi connectivity index (χ2n) is 4.73. The van der Waals surface area contributed by atoms with Crippen LogP contribution < -0.4 is 15.4 Å². The number of nitro groups is 1. The minimum atomic E-state index is -1.08. The van der Waals surface area contributed by atoms with E-state index < -0.39 is 23.0 Å². The van der Waals surface area contributed by atoms with Gasteiger partial charge in [0.1, 0.15) is 5.75 Å². The molecule has 0 fully saturated rings. The standard InChI is InChI=1S/C16H15N3O5/c1-17-16(21)18-15(20)14(11-5-3-2-4-6-11)24-13-9-7-12(8-10-13)19(22)23/h2-10,14H,1H3,(H2,17,18,20,21)/t14-/m0/s1. The molecule has 0 radical (unpaired) electrons. The molecule has 124 valence electrons. The zero-order valence-electron chi connectivity index (χ0n) is 12.8. The first-order valence-electron chi connectivity index (χ1n) is 7.00. The van der Waals surface area contributed by atoms with E-state index in [1.54, 1.807) is 30.3 Å². The van der Waals surface area contributed by atoms with Gasteiger partial charge >= 0.3 is 6.03 Å². The molecule has 0 aliphatic rings. The molecule has 0 saturated carbocycles. The Hall–Kier alpha value is -3.42. The first-order chi connectivity index (χ1) is 11.5. The molecule has 0 heterocycles. The molecule has 2 aromatic carbocycles. The lowest BCUT2D eigenvalue weighted by Crippen LogP contribution is -2.41. The van der Waals surface area contributed by atoms with E-state index in [0.717, 1.165) is 0 Å². The number of benzene rings is 2. The predicted octanol–water partition coefficient (Wildman–Crippen LogP) is 2.17. The van der Waals surface area contributed by atoms with Gasteiger partial charge in [-0.1, -0.05) is 30.3 Å². The van der Waals surface area contributed by atoms with Crippen molar-refractivity contribution in [3.05, 3.63) is 70.3 Å². The van der Waals surface area contributed by atoms with Crippen molar-refractivity contribution in [3.8, 4) is 5.75 Å². The first kappa shape index (κ1) is 16.9. The number of nitro benzene ring substituents is 1. The second kappa shape index (κ2) is 7.73. The van der Waals surface area contributed by atoms with Gasteiger partial charge in [-0.3, -0.25) is 20.2 Å². The average molecular weight is 329 g/mol. The van der Waals surface area contributed by atoms with Gasteiger partial charge in [-0.25, -0.2) is 4.79 Å². The fourth-order valence-corrected chi connectivity index (χ4v) is 1.92. The van der Waals surface area contributed by atoms with E-state index in [1.807, 2.05) is 0 Å². The van der Waals surface area contributed by atoms with Crippen LogP contribution in [-0.4, -0.2) is 23.9 Å². The number of carbonyl (C=O) groups is 2. The van der Waals surface area contributed by atoms with Crippen LogP contribution in [-0.2, 0) is 4.79 Å². The number of carbonyl (C=O) groups excluding carboxylic acids is 2. The summed E-state index contributed by atoms with van der Waals surface area (Å²) in [6.45, 7) is 0. The van der Waals surface area contributed by atoms with E-state index in [2.05, 4.69) is 10.6 Å². The van der Waals surface area contributed by atoms with Crippen LogP contribution in [0, 0.1) is 10.1 Å². The van der Waals surface area contributed by atoms with Crippen LogP contribution in [0.1, 0.15) is 11.7 Å². The summed E-state index contributed by atoms with van der Waals surface area (Å²) < 4.78 is 5.63. The van der Waals surface area contributed by atoms with Crippen molar-refractivity contribution in [1.29, 1.82) is 0 Å². The molecule has 2 rings (SSSR count). The summed E-state index contributed by atoms with van der Waals surface area (Å²) in [6, 6.07) is 13.3. The highest BCUT2D eigenvalue weighted by atomic mass is 16.6. The van der Waals surface area contributed by atoms with E-state index >= 15 is 0 Å². The van der Waals surface area contributed by atoms with Crippen molar-refractivity contribution in [2.24, 2.45) is 0 Å². The number of ether oxygens (including phenoxy) is 1. The Morgan fingerprint density at radius 3 is 2.25 bits per heavy atom. The third-order valence-electron chi connectivity index (χ3n) is 3.11. The van der Waals surface area contributed by atoms with Crippen molar-refractivity contribution in [2.45, 2.75) is 6.10 Å². The minimum Gasteiger partial charge on any atom is -0.476 e.